The summed E-state index contributed by atoms with van der Waals surface area (Å²) in [6.07, 6.45) is 0.826. The summed E-state index contributed by atoms with van der Waals surface area (Å²) < 4.78 is 4.99. The molecule has 0 unspecified atom stereocenters. The van der Waals surface area contributed by atoms with E-state index in [1.807, 2.05) is 6.92 Å². The first-order chi connectivity index (χ1) is 6.00. The third-order valence-electron chi connectivity index (χ3n) is 1.42. The summed E-state index contributed by atoms with van der Waals surface area (Å²) in [4.78, 5) is 13.8. The highest BCUT2D eigenvalue weighted by molar-refractivity contribution is 5.91. The van der Waals surface area contributed by atoms with E-state index >= 15 is 0 Å². The number of nitrogens with zero attached hydrogens (tertiary/aromatic N) is 2. The zero-order valence-electron chi connectivity index (χ0n) is 8.63. The van der Waals surface area contributed by atoms with Gasteiger partial charge in [-0.3, -0.25) is 10.3 Å². The predicted molar refractivity (Wildman–Crippen MR) is 50.8 cm³/mol. The number of rotatable bonds is 2. The van der Waals surface area contributed by atoms with Crippen LogP contribution in [0.15, 0.2) is 0 Å². The van der Waals surface area contributed by atoms with Crippen LogP contribution < -0.4 is 0 Å². The Morgan fingerprint density at radius 1 is 1.38 bits per heavy atom. The van der Waals surface area contributed by atoms with Gasteiger partial charge in [-0.15, -0.1) is 0 Å². The summed E-state index contributed by atoms with van der Waals surface area (Å²) in [7, 11) is 4.78. The van der Waals surface area contributed by atoms with Gasteiger partial charge in [0.2, 0.25) is 0 Å². The van der Waals surface area contributed by atoms with Crippen molar-refractivity contribution in [2.45, 2.75) is 13.3 Å². The van der Waals surface area contributed by atoms with E-state index in [1.165, 1.54) is 11.9 Å². The minimum absolute atomic E-state index is 0.111. The van der Waals surface area contributed by atoms with Crippen LogP contribution in [0.5, 0.6) is 0 Å². The van der Waals surface area contributed by atoms with E-state index in [2.05, 4.69) is 0 Å². The first-order valence-electron chi connectivity index (χ1n) is 4.17. The lowest BCUT2D eigenvalue weighted by Gasteiger charge is -2.21. The third-order valence-corrected chi connectivity index (χ3v) is 1.42. The lowest BCUT2D eigenvalue weighted by atomic mass is 10.5. The minimum Gasteiger partial charge on any atom is -0.465 e. The highest BCUT2D eigenvalue weighted by atomic mass is 16.5. The smallest absolute Gasteiger partial charge is 0.327 e. The van der Waals surface area contributed by atoms with Gasteiger partial charge in [0.1, 0.15) is 0 Å². The second kappa shape index (κ2) is 5.40. The van der Waals surface area contributed by atoms with E-state index in [-0.39, 0.29) is 12.1 Å². The topological polar surface area (TPSA) is 56.6 Å². The Kier molecular flexibility index (Phi) is 4.87. The largest absolute Gasteiger partial charge is 0.465 e. The summed E-state index contributed by atoms with van der Waals surface area (Å²) in [5.74, 6) is 0. The summed E-state index contributed by atoms with van der Waals surface area (Å²) >= 11 is 0. The van der Waals surface area contributed by atoms with Crippen molar-refractivity contribution >= 4 is 12.1 Å². The molecule has 0 aromatic carbocycles. The summed E-state index contributed by atoms with van der Waals surface area (Å²) in [5.41, 5.74) is 0. The Morgan fingerprint density at radius 2 is 1.92 bits per heavy atom. The van der Waals surface area contributed by atoms with Crippen LogP contribution >= 0.6 is 0 Å². The molecule has 0 aliphatic carbocycles. The molecular formula is C8H17N3O2. The third kappa shape index (κ3) is 3.78. The molecule has 76 valence electrons. The first-order valence-corrected chi connectivity index (χ1v) is 4.17. The molecule has 0 saturated carbocycles. The van der Waals surface area contributed by atoms with Gasteiger partial charge in [-0.25, -0.2) is 4.79 Å². The van der Waals surface area contributed by atoms with Crippen molar-refractivity contribution in [1.29, 1.82) is 5.41 Å². The Balaban J connectivity index is 4.02. The highest BCUT2D eigenvalue weighted by Crippen LogP contribution is 1.94. The van der Waals surface area contributed by atoms with Crippen LogP contribution in [0.4, 0.5) is 4.79 Å². The Bertz CT molecular complexity index is 192. The molecular weight excluding hydrogens is 170 g/mol. The number of hydrogen-bond acceptors (Lipinski definition) is 3. The second-order valence-electron chi connectivity index (χ2n) is 2.89. The van der Waals surface area contributed by atoms with E-state index in [9.17, 15) is 4.79 Å². The Morgan fingerprint density at radius 3 is 2.31 bits per heavy atom. The zero-order valence-corrected chi connectivity index (χ0v) is 8.63. The molecule has 0 radical (unpaired) electrons. The molecule has 0 fully saturated rings. The van der Waals surface area contributed by atoms with E-state index in [4.69, 9.17) is 10.1 Å². The minimum atomic E-state index is -0.263. The van der Waals surface area contributed by atoms with Crippen molar-refractivity contribution in [3.63, 3.8) is 0 Å². The van der Waals surface area contributed by atoms with Crippen molar-refractivity contribution in [3.05, 3.63) is 0 Å². The maximum Gasteiger partial charge on any atom is 0.327 e. The Labute approximate surface area is 78.8 Å². The zero-order chi connectivity index (χ0) is 10.4. The summed E-state index contributed by atoms with van der Waals surface area (Å²) in [6.45, 7) is 2.41. The molecule has 0 heterocycles. The highest BCUT2D eigenvalue weighted by Gasteiger charge is 2.15. The lowest BCUT2D eigenvalue weighted by molar-refractivity contribution is 0.183. The molecule has 0 rings (SSSR count). The van der Waals surface area contributed by atoms with E-state index < -0.39 is 0 Å². The molecule has 5 nitrogen and oxygen atoms in total. The Hall–Kier alpha value is -1.26. The van der Waals surface area contributed by atoms with E-state index in [0.29, 0.717) is 6.61 Å². The van der Waals surface area contributed by atoms with E-state index in [1.54, 1.807) is 14.1 Å². The molecule has 0 saturated heterocycles. The summed E-state index contributed by atoms with van der Waals surface area (Å²) in [6, 6.07) is -0.373. The van der Waals surface area contributed by atoms with Gasteiger partial charge in [-0.05, 0) is 6.42 Å². The molecule has 1 N–H and O–H groups in total. The molecule has 0 aromatic heterocycles. The van der Waals surface area contributed by atoms with Gasteiger partial charge in [-0.1, -0.05) is 6.92 Å². The van der Waals surface area contributed by atoms with Crippen LogP contribution in [0.25, 0.3) is 0 Å². The average Bonchev–Trinajstić information content (AvgIpc) is 2.11. The van der Waals surface area contributed by atoms with Crippen molar-refractivity contribution in [2.75, 3.05) is 27.7 Å². The fourth-order valence-electron chi connectivity index (χ4n) is 0.682. The lowest BCUT2D eigenvalue weighted by Crippen LogP contribution is -2.41. The number of carbonyl (C=O) groups excluding carboxylic acids is 1. The number of amides is 2. The molecule has 5 heteroatoms. The van der Waals surface area contributed by atoms with Crippen molar-refractivity contribution in [1.82, 2.24) is 9.80 Å². The molecule has 2 amide bonds. The molecule has 0 spiro atoms. The SMILES string of the molecule is CCCOC(=N)N(C)C(=O)N(C)C. The fraction of sp³-hybridized carbons (Fsp3) is 0.750. The standard InChI is InChI=1S/C8H17N3O2/c1-5-6-13-7(9)11(4)8(12)10(2)3/h9H,5-6H2,1-4H3. The molecule has 0 bridgehead atoms. The van der Waals surface area contributed by atoms with E-state index in [0.717, 1.165) is 11.3 Å². The second-order valence-corrected chi connectivity index (χ2v) is 2.89. The van der Waals surface area contributed by atoms with Crippen LogP contribution in [0, 0.1) is 5.41 Å². The molecule has 0 aliphatic heterocycles. The van der Waals surface area contributed by atoms with Gasteiger partial charge in [0.25, 0.3) is 6.02 Å². The number of urea groups is 1. The van der Waals surface area contributed by atoms with Gasteiger partial charge in [-0.2, -0.15) is 0 Å². The molecule has 0 atom stereocenters. The quantitative estimate of drug-likeness (QED) is 0.517. The normalized spacial score (nSPS) is 9.23. The maximum absolute atomic E-state index is 11.3. The number of amidine groups is 1. The first kappa shape index (κ1) is 11.7. The van der Waals surface area contributed by atoms with Crippen LogP contribution in [-0.2, 0) is 4.74 Å². The molecule has 13 heavy (non-hydrogen) atoms. The number of carbonyl (C=O) groups is 1. The van der Waals surface area contributed by atoms with Gasteiger partial charge >= 0.3 is 6.03 Å². The number of hydrogen-bond donors (Lipinski definition) is 1. The van der Waals surface area contributed by atoms with Gasteiger partial charge in [0.05, 0.1) is 6.61 Å². The molecule has 0 aromatic rings. The van der Waals surface area contributed by atoms with Crippen molar-refractivity contribution in [2.24, 2.45) is 0 Å². The number of nitrogens with one attached hydrogen (secondary N) is 1. The van der Waals surface area contributed by atoms with Gasteiger partial charge in [0, 0.05) is 21.1 Å². The number of ether oxygens (including phenoxy) is 1. The predicted octanol–water partition coefficient (Wildman–Crippen LogP) is 0.961. The monoisotopic (exact) mass is 187 g/mol. The molecule has 0 aliphatic rings. The average molecular weight is 187 g/mol. The van der Waals surface area contributed by atoms with Gasteiger partial charge in [0.15, 0.2) is 0 Å². The van der Waals surface area contributed by atoms with Crippen LogP contribution in [0.2, 0.25) is 0 Å². The maximum atomic E-state index is 11.3. The van der Waals surface area contributed by atoms with Crippen molar-refractivity contribution < 1.29 is 9.53 Å². The van der Waals surface area contributed by atoms with Crippen LogP contribution in [-0.4, -0.2) is 49.6 Å². The van der Waals surface area contributed by atoms with Crippen LogP contribution in [0.1, 0.15) is 13.3 Å². The van der Waals surface area contributed by atoms with Crippen molar-refractivity contribution in [3.8, 4) is 0 Å². The fourth-order valence-corrected chi connectivity index (χ4v) is 0.682. The van der Waals surface area contributed by atoms with Gasteiger partial charge < -0.3 is 9.64 Å². The summed E-state index contributed by atoms with van der Waals surface area (Å²) in [5, 5.41) is 7.38. The van der Waals surface area contributed by atoms with Crippen LogP contribution in [0.3, 0.4) is 0 Å².